The molecule has 1 aliphatic carbocycles. The lowest BCUT2D eigenvalue weighted by molar-refractivity contribution is -0.165. The van der Waals surface area contributed by atoms with E-state index >= 15 is 0 Å². The van der Waals surface area contributed by atoms with Crippen LogP contribution >= 0.6 is 0 Å². The molecule has 2 atom stereocenters. The Morgan fingerprint density at radius 3 is 2.95 bits per heavy atom. The van der Waals surface area contributed by atoms with E-state index in [1.165, 1.54) is 18.3 Å². The van der Waals surface area contributed by atoms with Crippen LogP contribution in [0.3, 0.4) is 0 Å². The van der Waals surface area contributed by atoms with Crippen molar-refractivity contribution < 1.29 is 19.0 Å². The van der Waals surface area contributed by atoms with Crippen LogP contribution in [0, 0.1) is 5.82 Å². The molecule has 4 rings (SSSR count). The summed E-state index contributed by atoms with van der Waals surface area (Å²) in [4.78, 5) is 18.3. The van der Waals surface area contributed by atoms with Crippen LogP contribution in [0.25, 0.3) is 0 Å². The Bertz CT molecular complexity index is 573. The lowest BCUT2D eigenvalue weighted by Gasteiger charge is -2.39. The fourth-order valence-electron chi connectivity index (χ4n) is 3.60. The van der Waals surface area contributed by atoms with E-state index in [1.807, 2.05) is 0 Å². The van der Waals surface area contributed by atoms with E-state index in [9.17, 15) is 14.3 Å². The first-order chi connectivity index (χ1) is 9.61. The van der Waals surface area contributed by atoms with E-state index in [2.05, 4.69) is 4.98 Å². The van der Waals surface area contributed by atoms with Crippen molar-refractivity contribution in [1.29, 1.82) is 0 Å². The zero-order valence-electron chi connectivity index (χ0n) is 10.8. The molecule has 6 heteroatoms. The number of rotatable bonds is 1. The Hall–Kier alpha value is -1.53. The number of hydrogen-bond acceptors (Lipinski definition) is 4. The number of ether oxygens (including phenoxy) is 1. The van der Waals surface area contributed by atoms with Crippen molar-refractivity contribution in [1.82, 2.24) is 9.88 Å². The number of amides is 1. The summed E-state index contributed by atoms with van der Waals surface area (Å²) in [6.07, 6.45) is 2.79. The van der Waals surface area contributed by atoms with Gasteiger partial charge in [0.1, 0.15) is 12.0 Å². The van der Waals surface area contributed by atoms with Gasteiger partial charge in [0, 0.05) is 19.0 Å². The van der Waals surface area contributed by atoms with Crippen LogP contribution in [-0.2, 0) is 9.53 Å². The minimum absolute atomic E-state index is 0.125. The summed E-state index contributed by atoms with van der Waals surface area (Å²) in [5.41, 5.74) is -0.558. The Kier molecular flexibility index (Phi) is 2.44. The van der Waals surface area contributed by atoms with Crippen LogP contribution in [0.4, 0.5) is 4.39 Å². The van der Waals surface area contributed by atoms with E-state index < -0.39 is 11.7 Å². The zero-order valence-corrected chi connectivity index (χ0v) is 10.8. The molecule has 3 heterocycles. The molecule has 1 spiro atoms. The topological polar surface area (TPSA) is 62.7 Å². The highest BCUT2D eigenvalue weighted by Crippen LogP contribution is 2.51. The minimum atomic E-state index is -0.867. The molecular weight excluding hydrogens is 263 g/mol. The van der Waals surface area contributed by atoms with Crippen LogP contribution in [0.2, 0.25) is 0 Å². The SMILES string of the molecule is O=C1N2[C@@H](CC[C@H]2c2ncccc2F)OC12CC(O)C2. The van der Waals surface area contributed by atoms with E-state index in [1.54, 1.807) is 4.90 Å². The van der Waals surface area contributed by atoms with Crippen molar-refractivity contribution in [3.8, 4) is 0 Å². The average Bonchev–Trinajstić information content (AvgIpc) is 2.90. The van der Waals surface area contributed by atoms with Gasteiger partial charge >= 0.3 is 0 Å². The first-order valence-electron chi connectivity index (χ1n) is 6.90. The quantitative estimate of drug-likeness (QED) is 0.836. The summed E-state index contributed by atoms with van der Waals surface area (Å²) in [7, 11) is 0. The molecule has 0 radical (unpaired) electrons. The summed E-state index contributed by atoms with van der Waals surface area (Å²) in [5.74, 6) is -0.513. The van der Waals surface area contributed by atoms with E-state index in [4.69, 9.17) is 4.74 Å². The van der Waals surface area contributed by atoms with Crippen molar-refractivity contribution in [2.24, 2.45) is 0 Å². The van der Waals surface area contributed by atoms with E-state index in [-0.39, 0.29) is 24.0 Å². The molecule has 2 aliphatic heterocycles. The summed E-state index contributed by atoms with van der Waals surface area (Å²) in [5, 5.41) is 9.46. The molecule has 5 nitrogen and oxygen atoms in total. The van der Waals surface area contributed by atoms with Crippen molar-refractivity contribution in [3.05, 3.63) is 29.8 Å². The monoisotopic (exact) mass is 278 g/mol. The lowest BCUT2D eigenvalue weighted by atomic mass is 9.76. The number of aromatic nitrogens is 1. The summed E-state index contributed by atoms with van der Waals surface area (Å²) >= 11 is 0. The third-order valence-electron chi connectivity index (χ3n) is 4.55. The van der Waals surface area contributed by atoms with Crippen molar-refractivity contribution in [2.45, 2.75) is 49.7 Å². The normalized spacial score (nSPS) is 39.2. The lowest BCUT2D eigenvalue weighted by Crippen LogP contribution is -2.54. The van der Waals surface area contributed by atoms with Gasteiger partial charge in [0.05, 0.1) is 17.8 Å². The number of pyridine rings is 1. The van der Waals surface area contributed by atoms with Crippen LogP contribution in [0.15, 0.2) is 18.3 Å². The minimum Gasteiger partial charge on any atom is -0.393 e. The molecule has 1 N–H and O–H groups in total. The van der Waals surface area contributed by atoms with Gasteiger partial charge < -0.3 is 14.7 Å². The van der Waals surface area contributed by atoms with Crippen LogP contribution in [0.1, 0.15) is 37.4 Å². The number of fused-ring (bicyclic) bond motifs is 1. The second-order valence-electron chi connectivity index (χ2n) is 5.80. The average molecular weight is 278 g/mol. The van der Waals surface area contributed by atoms with Crippen molar-refractivity contribution in [2.75, 3.05) is 0 Å². The number of hydrogen-bond donors (Lipinski definition) is 1. The largest absolute Gasteiger partial charge is 0.393 e. The van der Waals surface area contributed by atoms with Gasteiger partial charge in [-0.1, -0.05) is 0 Å². The second-order valence-corrected chi connectivity index (χ2v) is 5.80. The Morgan fingerprint density at radius 1 is 1.45 bits per heavy atom. The van der Waals surface area contributed by atoms with Gasteiger partial charge in [-0.2, -0.15) is 0 Å². The van der Waals surface area contributed by atoms with Crippen molar-refractivity contribution >= 4 is 5.91 Å². The maximum atomic E-state index is 13.9. The third-order valence-corrected chi connectivity index (χ3v) is 4.55. The summed E-state index contributed by atoms with van der Waals surface area (Å²) < 4.78 is 19.7. The highest BCUT2D eigenvalue weighted by atomic mass is 19.1. The Labute approximate surface area is 115 Å². The second kappa shape index (κ2) is 3.99. The highest BCUT2D eigenvalue weighted by Gasteiger charge is 2.62. The number of aliphatic hydroxyl groups is 1. The van der Waals surface area contributed by atoms with Gasteiger partial charge in [0.25, 0.3) is 5.91 Å². The van der Waals surface area contributed by atoms with E-state index in [0.717, 1.165) is 0 Å². The van der Waals surface area contributed by atoms with Crippen LogP contribution < -0.4 is 0 Å². The predicted octanol–water partition coefficient (Wildman–Crippen LogP) is 1.13. The maximum absolute atomic E-state index is 13.9. The molecule has 1 aromatic heterocycles. The molecule has 3 aliphatic rings. The maximum Gasteiger partial charge on any atom is 0.257 e. The predicted molar refractivity (Wildman–Crippen MR) is 65.9 cm³/mol. The number of carbonyl (C=O) groups is 1. The summed E-state index contributed by atoms with van der Waals surface area (Å²) in [6, 6.07) is 2.54. The highest BCUT2D eigenvalue weighted by molar-refractivity contribution is 5.89. The van der Waals surface area contributed by atoms with Gasteiger partial charge in [-0.25, -0.2) is 4.39 Å². The summed E-state index contributed by atoms with van der Waals surface area (Å²) in [6.45, 7) is 0. The van der Waals surface area contributed by atoms with Crippen LogP contribution in [-0.4, -0.2) is 38.8 Å². The fourth-order valence-corrected chi connectivity index (χ4v) is 3.60. The number of aliphatic hydroxyl groups excluding tert-OH is 1. The third kappa shape index (κ3) is 1.49. The van der Waals surface area contributed by atoms with Gasteiger partial charge in [0.15, 0.2) is 5.60 Å². The van der Waals surface area contributed by atoms with Gasteiger partial charge in [0.2, 0.25) is 0 Å². The Morgan fingerprint density at radius 2 is 2.25 bits per heavy atom. The van der Waals surface area contributed by atoms with Crippen molar-refractivity contribution in [3.63, 3.8) is 0 Å². The molecule has 1 amide bonds. The first-order valence-corrected chi connectivity index (χ1v) is 6.90. The molecular formula is C14H15FN2O3. The number of nitrogens with zero attached hydrogens (tertiary/aromatic N) is 2. The molecule has 3 fully saturated rings. The van der Waals surface area contributed by atoms with Gasteiger partial charge in [-0.15, -0.1) is 0 Å². The number of halogens is 1. The molecule has 0 unspecified atom stereocenters. The smallest absolute Gasteiger partial charge is 0.257 e. The van der Waals surface area contributed by atoms with Gasteiger partial charge in [-0.3, -0.25) is 9.78 Å². The zero-order chi connectivity index (χ0) is 13.9. The molecule has 1 aromatic rings. The van der Waals surface area contributed by atoms with E-state index in [0.29, 0.717) is 31.4 Å². The fraction of sp³-hybridized carbons (Fsp3) is 0.571. The van der Waals surface area contributed by atoms with Crippen LogP contribution in [0.5, 0.6) is 0 Å². The molecule has 2 saturated heterocycles. The molecule has 0 aromatic carbocycles. The molecule has 1 saturated carbocycles. The first kappa shape index (κ1) is 12.2. The molecule has 0 bridgehead atoms. The van der Waals surface area contributed by atoms with Gasteiger partial charge in [-0.05, 0) is 25.0 Å². The standard InChI is InChI=1S/C14H15FN2O3/c15-9-2-1-5-16-12(9)10-3-4-11-17(10)13(19)14(20-11)6-8(18)7-14/h1-2,5,8,10-11,18H,3-4,6-7H2/t8?,10-,11+,14?/m0/s1. The number of carbonyl (C=O) groups excluding carboxylic acids is 1. The molecule has 20 heavy (non-hydrogen) atoms. The molecule has 106 valence electrons. The Balaban J connectivity index is 1.66.